The molecular formula is C40H45N3O4. The molecule has 3 aromatic carbocycles. The molecule has 3 N–H and O–H groups in total. The number of benzene rings is 3. The number of carbonyl (C=O) groups is 1. The highest BCUT2D eigenvalue weighted by Crippen LogP contribution is 2.39. The molecule has 1 heterocycles. The molecule has 0 unspecified atom stereocenters. The Balaban J connectivity index is 1.48. The van der Waals surface area contributed by atoms with Crippen LogP contribution in [0.25, 0.3) is 22.3 Å². The van der Waals surface area contributed by atoms with E-state index in [4.69, 9.17) is 9.98 Å². The highest BCUT2D eigenvalue weighted by Gasteiger charge is 2.26. The fourth-order valence-electron chi connectivity index (χ4n) is 6.13. The fourth-order valence-corrected chi connectivity index (χ4v) is 6.13. The Morgan fingerprint density at radius 2 is 1.11 bits per heavy atom. The average Bonchev–Trinajstić information content (AvgIpc) is 3.03. The van der Waals surface area contributed by atoms with Gasteiger partial charge in [-0.1, -0.05) is 66.5 Å². The van der Waals surface area contributed by atoms with Crippen molar-refractivity contribution < 1.29 is 20.1 Å². The Labute approximate surface area is 277 Å². The molecule has 0 aliphatic heterocycles. The number of hydrogen-bond acceptors (Lipinski definition) is 6. The van der Waals surface area contributed by atoms with Crippen molar-refractivity contribution in [3.8, 4) is 33.8 Å². The van der Waals surface area contributed by atoms with Crippen LogP contribution < -0.4 is 0 Å². The standard InChI is InChI=1S/C40H45N3O4/c1-39(2,3)32-21-28(25-11-13-27(14-12-25)38(46)47)19-30(36(32)44)23-42-34-9-7-8-10-35(34)43-24-31-20-29(26-15-17-41-18-16-26)22-33(37(31)45)40(4,5)6/h11-24,34-35,44-45H,7-10H2,1-6H3,(H,46,47)/t34-,35-/m1/s1. The van der Waals surface area contributed by atoms with E-state index in [9.17, 15) is 20.1 Å². The third kappa shape index (κ3) is 7.79. The van der Waals surface area contributed by atoms with Crippen LogP contribution in [0.5, 0.6) is 11.5 Å². The van der Waals surface area contributed by atoms with Crippen LogP contribution in [0.2, 0.25) is 0 Å². The first kappa shape index (κ1) is 33.6. The number of aliphatic imine (C=N–C) groups is 2. The van der Waals surface area contributed by atoms with Gasteiger partial charge in [-0.15, -0.1) is 0 Å². The van der Waals surface area contributed by atoms with E-state index in [1.807, 2.05) is 36.4 Å². The van der Waals surface area contributed by atoms with Gasteiger partial charge >= 0.3 is 5.97 Å². The van der Waals surface area contributed by atoms with Crippen LogP contribution in [-0.2, 0) is 10.8 Å². The van der Waals surface area contributed by atoms with E-state index in [-0.39, 0.29) is 40.0 Å². The van der Waals surface area contributed by atoms with Crippen molar-refractivity contribution in [3.63, 3.8) is 0 Å². The van der Waals surface area contributed by atoms with Crippen molar-refractivity contribution in [2.24, 2.45) is 9.98 Å². The molecule has 1 saturated carbocycles. The van der Waals surface area contributed by atoms with Gasteiger partial charge in [0.15, 0.2) is 0 Å². The van der Waals surface area contributed by atoms with Crippen LogP contribution in [0.4, 0.5) is 0 Å². The van der Waals surface area contributed by atoms with Gasteiger partial charge in [0, 0.05) is 47.1 Å². The number of phenolic OH excluding ortho intramolecular Hbond substituents is 2. The van der Waals surface area contributed by atoms with Gasteiger partial charge in [-0.3, -0.25) is 15.0 Å². The van der Waals surface area contributed by atoms with E-state index in [0.717, 1.165) is 59.1 Å². The lowest BCUT2D eigenvalue weighted by Crippen LogP contribution is -2.27. The predicted octanol–water partition coefficient (Wildman–Crippen LogP) is 8.97. The number of carboxylic acid groups (broad SMARTS) is 1. The molecule has 1 aliphatic carbocycles. The maximum atomic E-state index is 11.4. The van der Waals surface area contributed by atoms with Crippen molar-refractivity contribution in [1.29, 1.82) is 0 Å². The van der Waals surface area contributed by atoms with E-state index in [0.29, 0.717) is 11.1 Å². The lowest BCUT2D eigenvalue weighted by Gasteiger charge is -2.26. The Morgan fingerprint density at radius 1 is 0.681 bits per heavy atom. The van der Waals surface area contributed by atoms with Gasteiger partial charge in [0.05, 0.1) is 17.6 Å². The zero-order valence-electron chi connectivity index (χ0n) is 28.2. The topological polar surface area (TPSA) is 115 Å². The van der Waals surface area contributed by atoms with Crippen LogP contribution >= 0.6 is 0 Å². The zero-order valence-corrected chi connectivity index (χ0v) is 28.2. The quantitative estimate of drug-likeness (QED) is 0.176. The smallest absolute Gasteiger partial charge is 0.335 e. The Morgan fingerprint density at radius 3 is 1.51 bits per heavy atom. The largest absolute Gasteiger partial charge is 0.507 e. The first-order chi connectivity index (χ1) is 22.2. The summed E-state index contributed by atoms with van der Waals surface area (Å²) in [5, 5.41) is 32.0. The van der Waals surface area contributed by atoms with Gasteiger partial charge in [0.25, 0.3) is 0 Å². The van der Waals surface area contributed by atoms with Crippen LogP contribution in [0.1, 0.15) is 99.8 Å². The second-order valence-corrected chi connectivity index (χ2v) is 14.5. The van der Waals surface area contributed by atoms with Crippen molar-refractivity contribution in [1.82, 2.24) is 4.98 Å². The summed E-state index contributed by atoms with van der Waals surface area (Å²) >= 11 is 0. The molecular weight excluding hydrogens is 586 g/mol. The van der Waals surface area contributed by atoms with Gasteiger partial charge in [-0.2, -0.15) is 0 Å². The molecule has 1 fully saturated rings. The number of hydrogen-bond donors (Lipinski definition) is 3. The molecule has 47 heavy (non-hydrogen) atoms. The monoisotopic (exact) mass is 631 g/mol. The number of pyridine rings is 1. The highest BCUT2D eigenvalue weighted by atomic mass is 16.4. The average molecular weight is 632 g/mol. The molecule has 1 aromatic heterocycles. The highest BCUT2D eigenvalue weighted by molar-refractivity contribution is 5.90. The normalized spacial score (nSPS) is 17.4. The molecule has 0 radical (unpaired) electrons. The summed E-state index contributed by atoms with van der Waals surface area (Å²) in [7, 11) is 0. The molecule has 0 amide bonds. The maximum absolute atomic E-state index is 11.4. The lowest BCUT2D eigenvalue weighted by molar-refractivity contribution is 0.0697. The Kier molecular flexibility index (Phi) is 9.66. The number of carboxylic acids is 1. The third-order valence-corrected chi connectivity index (χ3v) is 8.88. The van der Waals surface area contributed by atoms with E-state index < -0.39 is 5.97 Å². The first-order valence-electron chi connectivity index (χ1n) is 16.3. The second-order valence-electron chi connectivity index (χ2n) is 14.5. The molecule has 2 atom stereocenters. The summed E-state index contributed by atoms with van der Waals surface area (Å²) in [5.41, 5.74) is 6.31. The molecule has 0 bridgehead atoms. The summed E-state index contributed by atoms with van der Waals surface area (Å²) in [6.45, 7) is 12.4. The summed E-state index contributed by atoms with van der Waals surface area (Å²) in [6.07, 6.45) is 10.9. The number of nitrogens with zero attached hydrogens (tertiary/aromatic N) is 3. The van der Waals surface area contributed by atoms with E-state index in [1.165, 1.54) is 0 Å². The minimum Gasteiger partial charge on any atom is -0.507 e. The third-order valence-electron chi connectivity index (χ3n) is 8.88. The van der Waals surface area contributed by atoms with Crippen molar-refractivity contribution in [2.45, 2.75) is 90.1 Å². The number of aromatic nitrogens is 1. The SMILES string of the molecule is CC(C)(C)c1cc(-c2ccncc2)cc(C=N[C@@H]2CCCC[C@H]2N=Cc2cc(-c3ccc(C(=O)O)cc3)cc(C(C)(C)C)c2O)c1O. The molecule has 5 rings (SSSR count). The molecule has 244 valence electrons. The molecule has 7 heteroatoms. The summed E-state index contributed by atoms with van der Waals surface area (Å²) in [5.74, 6) is -0.542. The fraction of sp³-hybridized carbons (Fsp3) is 0.350. The summed E-state index contributed by atoms with van der Waals surface area (Å²) < 4.78 is 0. The molecule has 7 nitrogen and oxygen atoms in total. The Hall–Kier alpha value is -4.78. The lowest BCUT2D eigenvalue weighted by atomic mass is 9.83. The zero-order chi connectivity index (χ0) is 33.9. The number of rotatable bonds is 7. The minimum absolute atomic E-state index is 0.0713. The van der Waals surface area contributed by atoms with Crippen LogP contribution in [0, 0.1) is 0 Å². The minimum atomic E-state index is -0.971. The molecule has 0 spiro atoms. The second kappa shape index (κ2) is 13.5. The van der Waals surface area contributed by atoms with Crippen LogP contribution in [-0.4, -0.2) is 50.8 Å². The summed E-state index contributed by atoms with van der Waals surface area (Å²) in [4.78, 5) is 25.6. The van der Waals surface area contributed by atoms with Gasteiger partial charge in [-0.25, -0.2) is 4.79 Å². The van der Waals surface area contributed by atoms with E-state index in [2.05, 4.69) is 46.5 Å². The van der Waals surface area contributed by atoms with Crippen molar-refractivity contribution in [3.05, 3.63) is 101 Å². The van der Waals surface area contributed by atoms with E-state index in [1.54, 1.807) is 49.1 Å². The molecule has 0 saturated heterocycles. The van der Waals surface area contributed by atoms with Gasteiger partial charge < -0.3 is 15.3 Å². The first-order valence-corrected chi connectivity index (χ1v) is 16.3. The molecule has 1 aliphatic rings. The summed E-state index contributed by atoms with van der Waals surface area (Å²) in [6, 6.07) is 18.4. The maximum Gasteiger partial charge on any atom is 0.335 e. The van der Waals surface area contributed by atoms with Gasteiger partial charge in [-0.05, 0) is 94.5 Å². The number of phenols is 2. The molecule has 4 aromatic rings. The predicted molar refractivity (Wildman–Crippen MR) is 190 cm³/mol. The Bertz CT molecular complexity index is 1800. The number of aromatic carboxylic acids is 1. The van der Waals surface area contributed by atoms with Gasteiger partial charge in [0.1, 0.15) is 11.5 Å². The van der Waals surface area contributed by atoms with Gasteiger partial charge in [0.2, 0.25) is 0 Å². The van der Waals surface area contributed by atoms with Crippen molar-refractivity contribution >= 4 is 18.4 Å². The van der Waals surface area contributed by atoms with Crippen LogP contribution in [0.15, 0.2) is 83.0 Å². The van der Waals surface area contributed by atoms with E-state index >= 15 is 0 Å². The number of aromatic hydroxyl groups is 2. The van der Waals surface area contributed by atoms with Crippen LogP contribution in [0.3, 0.4) is 0 Å². The van der Waals surface area contributed by atoms with Crippen molar-refractivity contribution in [2.75, 3.05) is 0 Å².